The number of aromatic carboxylic acids is 1. The molecule has 0 aliphatic heterocycles. The highest BCUT2D eigenvalue weighted by atomic mass is 32.2. The second-order valence-corrected chi connectivity index (χ2v) is 10.5. The molecule has 40 heavy (non-hydrogen) atoms. The standard InChI is InChI=1S/C24H30N4O4S.C2HF3O2/c1-6-28-18(4)20(17(3)25-28)13-14-27(5)22-12-11-19(15-21(22)24(29)30)26-33(31,32)23-10-8-7-9-16(23)2;3-2(4,5)1(6)7/h7-12,15,26H,6,13-14H2,1-5H3,(H,29,30);(H,6,7). The first-order valence-electron chi connectivity index (χ1n) is 12.0. The number of likely N-dealkylation sites (N-methyl/N-ethyl adjacent to an activating group) is 1. The summed E-state index contributed by atoms with van der Waals surface area (Å²) in [5, 5.41) is 21.5. The van der Waals surface area contributed by atoms with Crippen molar-refractivity contribution in [2.45, 2.75) is 51.7 Å². The number of nitrogens with zero attached hydrogens (tertiary/aromatic N) is 3. The third-order valence-electron chi connectivity index (χ3n) is 6.04. The number of halogens is 3. The normalized spacial score (nSPS) is 11.4. The highest BCUT2D eigenvalue weighted by Gasteiger charge is 2.38. The summed E-state index contributed by atoms with van der Waals surface area (Å²) in [6.07, 6.45) is -4.37. The lowest BCUT2D eigenvalue weighted by molar-refractivity contribution is -0.192. The van der Waals surface area contributed by atoms with Crippen LogP contribution in [0, 0.1) is 20.8 Å². The van der Waals surface area contributed by atoms with E-state index in [0.29, 0.717) is 17.8 Å². The van der Waals surface area contributed by atoms with E-state index in [0.717, 1.165) is 29.9 Å². The van der Waals surface area contributed by atoms with Gasteiger partial charge in [-0.2, -0.15) is 18.3 Å². The van der Waals surface area contributed by atoms with Crippen LogP contribution in [0.4, 0.5) is 24.5 Å². The largest absolute Gasteiger partial charge is 0.490 e. The number of nitrogens with one attached hydrogen (secondary N) is 1. The van der Waals surface area contributed by atoms with E-state index >= 15 is 0 Å². The van der Waals surface area contributed by atoms with Crippen LogP contribution in [-0.2, 0) is 27.8 Å². The minimum Gasteiger partial charge on any atom is -0.478 e. The fourth-order valence-corrected chi connectivity index (χ4v) is 5.27. The summed E-state index contributed by atoms with van der Waals surface area (Å²) in [7, 11) is -2.01. The minimum atomic E-state index is -5.08. The van der Waals surface area contributed by atoms with Gasteiger partial charge in [0.15, 0.2) is 0 Å². The molecule has 0 saturated heterocycles. The van der Waals surface area contributed by atoms with Crippen LogP contribution in [0.2, 0.25) is 0 Å². The number of carboxylic acid groups (broad SMARTS) is 2. The van der Waals surface area contributed by atoms with Crippen LogP contribution in [0.3, 0.4) is 0 Å². The Kier molecular flexibility index (Phi) is 10.3. The zero-order valence-electron chi connectivity index (χ0n) is 22.6. The van der Waals surface area contributed by atoms with Crippen molar-refractivity contribution in [1.82, 2.24) is 9.78 Å². The Morgan fingerprint density at radius 3 is 2.17 bits per heavy atom. The summed E-state index contributed by atoms with van der Waals surface area (Å²) in [5.74, 6) is -3.88. The molecule has 3 aromatic rings. The van der Waals surface area contributed by atoms with Gasteiger partial charge in [-0.3, -0.25) is 9.40 Å². The minimum absolute atomic E-state index is 0.0279. The molecule has 218 valence electrons. The van der Waals surface area contributed by atoms with Gasteiger partial charge in [0.05, 0.1) is 21.8 Å². The first-order valence-corrected chi connectivity index (χ1v) is 13.5. The lowest BCUT2D eigenvalue weighted by Gasteiger charge is -2.22. The average molecular weight is 585 g/mol. The van der Waals surface area contributed by atoms with Gasteiger partial charge in [0, 0.05) is 31.5 Å². The zero-order chi connectivity index (χ0) is 30.4. The number of aromatic nitrogens is 2. The molecule has 0 atom stereocenters. The number of hydrogen-bond acceptors (Lipinski definition) is 6. The Hall–Kier alpha value is -4.07. The molecule has 0 radical (unpaired) electrons. The Morgan fingerprint density at radius 1 is 1.07 bits per heavy atom. The van der Waals surface area contributed by atoms with E-state index in [1.54, 1.807) is 37.3 Å². The summed E-state index contributed by atoms with van der Waals surface area (Å²) in [5.41, 5.74) is 4.59. The van der Waals surface area contributed by atoms with E-state index in [1.165, 1.54) is 12.1 Å². The number of sulfonamides is 1. The summed E-state index contributed by atoms with van der Waals surface area (Å²) >= 11 is 0. The van der Waals surface area contributed by atoms with Crippen molar-refractivity contribution in [1.29, 1.82) is 0 Å². The lowest BCUT2D eigenvalue weighted by Crippen LogP contribution is -2.23. The Morgan fingerprint density at radius 2 is 1.68 bits per heavy atom. The van der Waals surface area contributed by atoms with Crippen LogP contribution < -0.4 is 9.62 Å². The van der Waals surface area contributed by atoms with Crippen LogP contribution >= 0.6 is 0 Å². The second kappa shape index (κ2) is 12.9. The molecule has 3 rings (SSSR count). The molecule has 10 nitrogen and oxygen atoms in total. The molecular weight excluding hydrogens is 553 g/mol. The number of benzene rings is 2. The predicted octanol–water partition coefficient (Wildman–Crippen LogP) is 4.64. The smallest absolute Gasteiger partial charge is 0.478 e. The predicted molar refractivity (Wildman–Crippen MR) is 143 cm³/mol. The molecule has 0 saturated carbocycles. The molecule has 0 spiro atoms. The van der Waals surface area contributed by atoms with Crippen molar-refractivity contribution in [2.24, 2.45) is 0 Å². The molecule has 0 amide bonds. The molecule has 0 aliphatic carbocycles. The quantitative estimate of drug-likeness (QED) is 0.330. The Balaban J connectivity index is 0.000000708. The molecule has 0 unspecified atom stereocenters. The monoisotopic (exact) mass is 584 g/mol. The molecule has 0 bridgehead atoms. The van der Waals surface area contributed by atoms with Crippen LogP contribution in [0.5, 0.6) is 0 Å². The number of carbonyl (C=O) groups is 2. The number of hydrogen-bond donors (Lipinski definition) is 3. The van der Waals surface area contributed by atoms with E-state index < -0.39 is 28.1 Å². The fourth-order valence-electron chi connectivity index (χ4n) is 3.98. The highest BCUT2D eigenvalue weighted by Crippen LogP contribution is 2.27. The third kappa shape index (κ3) is 7.97. The van der Waals surface area contributed by atoms with Gasteiger partial charge in [-0.25, -0.2) is 18.0 Å². The van der Waals surface area contributed by atoms with Crippen molar-refractivity contribution in [3.05, 3.63) is 70.5 Å². The molecule has 1 aromatic heterocycles. The van der Waals surface area contributed by atoms with Crippen LogP contribution in [0.15, 0.2) is 47.4 Å². The lowest BCUT2D eigenvalue weighted by atomic mass is 10.1. The van der Waals surface area contributed by atoms with Crippen LogP contribution in [0.1, 0.15) is 39.8 Å². The number of alkyl halides is 3. The number of aryl methyl sites for hydroxylation is 3. The van der Waals surface area contributed by atoms with Gasteiger partial charge in [-0.15, -0.1) is 0 Å². The third-order valence-corrected chi connectivity index (χ3v) is 7.59. The van der Waals surface area contributed by atoms with E-state index in [9.17, 15) is 31.5 Å². The number of anilines is 2. The summed E-state index contributed by atoms with van der Waals surface area (Å²) in [6.45, 7) is 9.16. The number of carboxylic acids is 2. The molecular formula is C26H31F3N4O6S. The zero-order valence-corrected chi connectivity index (χ0v) is 23.4. The highest BCUT2D eigenvalue weighted by molar-refractivity contribution is 7.92. The van der Waals surface area contributed by atoms with Gasteiger partial charge in [0.1, 0.15) is 0 Å². The maximum absolute atomic E-state index is 12.8. The van der Waals surface area contributed by atoms with Gasteiger partial charge in [0.2, 0.25) is 0 Å². The van der Waals surface area contributed by atoms with Gasteiger partial charge < -0.3 is 15.1 Å². The van der Waals surface area contributed by atoms with E-state index in [2.05, 4.69) is 9.82 Å². The Labute approximate surface area is 230 Å². The van der Waals surface area contributed by atoms with Gasteiger partial charge in [-0.1, -0.05) is 18.2 Å². The maximum atomic E-state index is 12.8. The van der Waals surface area contributed by atoms with E-state index in [4.69, 9.17) is 9.90 Å². The topological polar surface area (TPSA) is 142 Å². The van der Waals surface area contributed by atoms with Gasteiger partial charge in [-0.05, 0) is 69.5 Å². The molecule has 1 heterocycles. The second-order valence-electron chi connectivity index (χ2n) is 8.85. The summed E-state index contributed by atoms with van der Waals surface area (Å²) in [4.78, 5) is 22.9. The first-order chi connectivity index (χ1) is 18.5. The fraction of sp³-hybridized carbons (Fsp3) is 0.346. The molecule has 3 N–H and O–H groups in total. The van der Waals surface area contributed by atoms with Gasteiger partial charge in [0.25, 0.3) is 10.0 Å². The van der Waals surface area contributed by atoms with Crippen molar-refractivity contribution >= 4 is 33.3 Å². The molecule has 0 fully saturated rings. The Bertz CT molecular complexity index is 1490. The van der Waals surface area contributed by atoms with Crippen molar-refractivity contribution in [2.75, 3.05) is 23.2 Å². The number of rotatable bonds is 9. The molecule has 0 aliphatic rings. The van der Waals surface area contributed by atoms with Crippen molar-refractivity contribution in [3.63, 3.8) is 0 Å². The first kappa shape index (κ1) is 32.1. The van der Waals surface area contributed by atoms with Crippen molar-refractivity contribution in [3.8, 4) is 0 Å². The van der Waals surface area contributed by atoms with Crippen molar-refractivity contribution < 1.29 is 41.4 Å². The summed E-state index contributed by atoms with van der Waals surface area (Å²) in [6, 6.07) is 11.2. The van der Waals surface area contributed by atoms with Crippen LogP contribution in [-0.4, -0.2) is 60.1 Å². The molecule has 14 heteroatoms. The van der Waals surface area contributed by atoms with E-state index in [1.807, 2.05) is 37.4 Å². The summed E-state index contributed by atoms with van der Waals surface area (Å²) < 4.78 is 61.8. The number of aliphatic carboxylic acids is 1. The molecule has 2 aromatic carbocycles. The maximum Gasteiger partial charge on any atom is 0.490 e. The van der Waals surface area contributed by atoms with Crippen LogP contribution in [0.25, 0.3) is 0 Å². The van der Waals surface area contributed by atoms with Gasteiger partial charge >= 0.3 is 18.1 Å². The van der Waals surface area contributed by atoms with E-state index in [-0.39, 0.29) is 16.1 Å². The average Bonchev–Trinajstić information content (AvgIpc) is 3.14. The SMILES string of the molecule is CCn1nc(C)c(CCN(C)c2ccc(NS(=O)(=O)c3ccccc3C)cc2C(=O)O)c1C.O=C(O)C(F)(F)F.